The number of fused-ring (bicyclic) bond motifs is 1. The van der Waals surface area contributed by atoms with Gasteiger partial charge in [-0.3, -0.25) is 9.69 Å². The molecule has 6 heteroatoms. The number of para-hydroxylation sites is 2. The Morgan fingerprint density at radius 1 is 1.16 bits per heavy atom. The number of anilines is 2. The van der Waals surface area contributed by atoms with Gasteiger partial charge in [0.05, 0.1) is 24.0 Å². The van der Waals surface area contributed by atoms with E-state index in [1.807, 2.05) is 55.5 Å². The molecular formula is C26H31N3O3. The van der Waals surface area contributed by atoms with Crippen LogP contribution < -0.4 is 15.5 Å². The van der Waals surface area contributed by atoms with Gasteiger partial charge in [-0.15, -0.1) is 0 Å². The predicted octanol–water partition coefficient (Wildman–Crippen LogP) is 4.97. The Kier molecular flexibility index (Phi) is 6.07. The van der Waals surface area contributed by atoms with Crippen LogP contribution in [0.3, 0.4) is 0 Å². The fourth-order valence-electron chi connectivity index (χ4n) is 4.62. The highest BCUT2D eigenvalue weighted by atomic mass is 16.5. The Bertz CT molecular complexity index is 1060. The lowest BCUT2D eigenvalue weighted by molar-refractivity contribution is -0.118. The summed E-state index contributed by atoms with van der Waals surface area (Å²) in [4.78, 5) is 28.8. The summed E-state index contributed by atoms with van der Waals surface area (Å²) in [6.45, 7) is 7.05. The first-order chi connectivity index (χ1) is 15.3. The molecule has 1 unspecified atom stereocenters. The Labute approximate surface area is 189 Å². The van der Waals surface area contributed by atoms with Crippen LogP contribution in [0.5, 0.6) is 0 Å². The van der Waals surface area contributed by atoms with Crippen molar-refractivity contribution in [2.75, 3.05) is 30.5 Å². The van der Waals surface area contributed by atoms with E-state index in [1.54, 1.807) is 12.0 Å². The number of benzene rings is 2. The molecule has 0 saturated carbocycles. The van der Waals surface area contributed by atoms with E-state index in [0.717, 1.165) is 34.6 Å². The van der Waals surface area contributed by atoms with Crippen molar-refractivity contribution in [2.45, 2.75) is 39.7 Å². The molecule has 6 nitrogen and oxygen atoms in total. The largest absolute Gasteiger partial charge is 0.383 e. The summed E-state index contributed by atoms with van der Waals surface area (Å²) in [6, 6.07) is 15.0. The average molecular weight is 434 g/mol. The number of hydrogen-bond donors (Lipinski definition) is 2. The van der Waals surface area contributed by atoms with Gasteiger partial charge in [0.1, 0.15) is 0 Å². The summed E-state index contributed by atoms with van der Waals surface area (Å²) in [5.41, 5.74) is 5.03. The number of carbonyl (C=O) groups excluding carboxylic acids is 2. The van der Waals surface area contributed by atoms with Crippen molar-refractivity contribution in [2.24, 2.45) is 5.41 Å². The summed E-state index contributed by atoms with van der Waals surface area (Å²) < 4.78 is 5.12. The molecule has 0 spiro atoms. The molecule has 2 aromatic rings. The number of urea groups is 1. The number of rotatable bonds is 4. The number of ether oxygens (including phenoxy) is 1. The average Bonchev–Trinajstić information content (AvgIpc) is 2.88. The maximum atomic E-state index is 13.6. The van der Waals surface area contributed by atoms with Crippen molar-refractivity contribution in [1.82, 2.24) is 5.32 Å². The highest BCUT2D eigenvalue weighted by Gasteiger charge is 2.43. The molecule has 1 heterocycles. The summed E-state index contributed by atoms with van der Waals surface area (Å²) in [6.07, 6.45) is 1.19. The number of nitrogens with one attached hydrogen (secondary N) is 2. The molecule has 168 valence electrons. The zero-order valence-electron chi connectivity index (χ0n) is 19.2. The Morgan fingerprint density at radius 2 is 1.88 bits per heavy atom. The molecule has 2 aliphatic rings. The molecule has 4 rings (SSSR count). The quantitative estimate of drug-likeness (QED) is 0.668. The highest BCUT2D eigenvalue weighted by molar-refractivity contribution is 6.06. The van der Waals surface area contributed by atoms with Crippen LogP contribution in [0, 0.1) is 12.3 Å². The zero-order chi connectivity index (χ0) is 22.9. The second-order valence-electron chi connectivity index (χ2n) is 9.38. The monoisotopic (exact) mass is 433 g/mol. The Hall–Kier alpha value is -3.12. The maximum absolute atomic E-state index is 13.6. The number of methoxy groups -OCH3 is 1. The van der Waals surface area contributed by atoms with Crippen LogP contribution >= 0.6 is 0 Å². The number of carbonyl (C=O) groups is 2. The topological polar surface area (TPSA) is 70.7 Å². The first kappa shape index (κ1) is 22.1. The van der Waals surface area contributed by atoms with Crippen molar-refractivity contribution in [3.05, 3.63) is 70.9 Å². The number of ketones is 1. The van der Waals surface area contributed by atoms with E-state index in [9.17, 15) is 9.59 Å². The minimum absolute atomic E-state index is 0.0804. The first-order valence-electron chi connectivity index (χ1n) is 11.1. The number of aryl methyl sites for hydroxylation is 1. The number of amides is 2. The van der Waals surface area contributed by atoms with Gasteiger partial charge < -0.3 is 15.4 Å². The van der Waals surface area contributed by atoms with Gasteiger partial charge in [0.15, 0.2) is 5.78 Å². The van der Waals surface area contributed by atoms with E-state index in [-0.39, 0.29) is 17.2 Å². The summed E-state index contributed by atoms with van der Waals surface area (Å²) >= 11 is 0. The molecule has 32 heavy (non-hydrogen) atoms. The van der Waals surface area contributed by atoms with Crippen LogP contribution in [0.1, 0.15) is 43.9 Å². The van der Waals surface area contributed by atoms with Crippen molar-refractivity contribution in [3.8, 4) is 0 Å². The SMILES string of the molecule is COCCNC(=O)N1c2ccccc2NC2=C(C(=O)CC(C)(C)C2)C1c1ccc(C)cc1. The summed E-state index contributed by atoms with van der Waals surface area (Å²) in [7, 11) is 1.60. The van der Waals surface area contributed by atoms with Crippen molar-refractivity contribution in [1.29, 1.82) is 0 Å². The molecule has 2 aromatic carbocycles. The molecule has 0 fully saturated rings. The van der Waals surface area contributed by atoms with Gasteiger partial charge in [-0.1, -0.05) is 55.8 Å². The lowest BCUT2D eigenvalue weighted by atomic mass is 9.73. The second kappa shape index (κ2) is 8.79. The number of hydrogen-bond acceptors (Lipinski definition) is 4. The Balaban J connectivity index is 1.92. The predicted molar refractivity (Wildman–Crippen MR) is 127 cm³/mol. The van der Waals surface area contributed by atoms with Gasteiger partial charge in [-0.2, -0.15) is 0 Å². The van der Waals surface area contributed by atoms with Gasteiger partial charge in [0.25, 0.3) is 0 Å². The van der Waals surface area contributed by atoms with E-state index < -0.39 is 6.04 Å². The van der Waals surface area contributed by atoms with Gasteiger partial charge >= 0.3 is 6.03 Å². The van der Waals surface area contributed by atoms with E-state index in [2.05, 4.69) is 24.5 Å². The van der Waals surface area contributed by atoms with E-state index in [0.29, 0.717) is 25.1 Å². The van der Waals surface area contributed by atoms with Crippen LogP contribution in [0.15, 0.2) is 59.8 Å². The van der Waals surface area contributed by atoms with Crippen LogP contribution in [-0.2, 0) is 9.53 Å². The minimum atomic E-state index is -0.520. The third-order valence-corrected chi connectivity index (χ3v) is 6.10. The normalized spacial score (nSPS) is 19.6. The van der Waals surface area contributed by atoms with Gasteiger partial charge in [0.2, 0.25) is 0 Å². The molecule has 0 bridgehead atoms. The van der Waals surface area contributed by atoms with Crippen LogP contribution in [-0.4, -0.2) is 32.1 Å². The van der Waals surface area contributed by atoms with E-state index in [1.165, 1.54) is 0 Å². The fourth-order valence-corrected chi connectivity index (χ4v) is 4.62. The molecule has 2 amide bonds. The van der Waals surface area contributed by atoms with E-state index in [4.69, 9.17) is 4.74 Å². The second-order valence-corrected chi connectivity index (χ2v) is 9.38. The summed E-state index contributed by atoms with van der Waals surface area (Å²) in [5.74, 6) is 0.0804. The zero-order valence-corrected chi connectivity index (χ0v) is 19.2. The summed E-state index contributed by atoms with van der Waals surface area (Å²) in [5, 5.41) is 6.48. The molecule has 0 aromatic heterocycles. The molecule has 1 aliphatic heterocycles. The van der Waals surface area contributed by atoms with Gasteiger partial charge in [-0.05, 0) is 36.5 Å². The maximum Gasteiger partial charge on any atom is 0.322 e. The fraction of sp³-hybridized carbons (Fsp3) is 0.385. The van der Waals surface area contributed by atoms with Crippen molar-refractivity contribution < 1.29 is 14.3 Å². The highest BCUT2D eigenvalue weighted by Crippen LogP contribution is 2.48. The third kappa shape index (κ3) is 4.28. The Morgan fingerprint density at radius 3 is 2.59 bits per heavy atom. The third-order valence-electron chi connectivity index (χ3n) is 6.10. The first-order valence-corrected chi connectivity index (χ1v) is 11.1. The van der Waals surface area contributed by atoms with Gasteiger partial charge in [-0.25, -0.2) is 4.79 Å². The lowest BCUT2D eigenvalue weighted by Crippen LogP contribution is -2.45. The van der Waals surface area contributed by atoms with Crippen LogP contribution in [0.25, 0.3) is 0 Å². The minimum Gasteiger partial charge on any atom is -0.383 e. The molecule has 0 saturated heterocycles. The number of nitrogens with zero attached hydrogens (tertiary/aromatic N) is 1. The van der Waals surface area contributed by atoms with Crippen molar-refractivity contribution >= 4 is 23.2 Å². The molecule has 1 atom stereocenters. The molecular weight excluding hydrogens is 402 g/mol. The van der Waals surface area contributed by atoms with Crippen LogP contribution in [0.4, 0.5) is 16.2 Å². The number of Topliss-reactive ketones (excluding diaryl/α,β-unsaturated/α-hetero) is 1. The molecule has 1 aliphatic carbocycles. The standard InChI is InChI=1S/C26H31N3O3/c1-17-9-11-18(12-10-17)24-23-20(15-26(2,3)16-22(23)30)28-19-7-5-6-8-21(19)29(24)25(31)27-13-14-32-4/h5-12,24,28H,13-16H2,1-4H3,(H,27,31). The number of allylic oxidation sites excluding steroid dienone is 1. The lowest BCUT2D eigenvalue weighted by Gasteiger charge is -2.37. The molecule has 0 radical (unpaired) electrons. The van der Waals surface area contributed by atoms with Gasteiger partial charge in [0, 0.05) is 31.3 Å². The van der Waals surface area contributed by atoms with Crippen molar-refractivity contribution in [3.63, 3.8) is 0 Å². The molecule has 2 N–H and O–H groups in total. The van der Waals surface area contributed by atoms with Crippen LogP contribution in [0.2, 0.25) is 0 Å². The van der Waals surface area contributed by atoms with E-state index >= 15 is 0 Å². The smallest absolute Gasteiger partial charge is 0.322 e.